The Morgan fingerprint density at radius 2 is 2.33 bits per heavy atom. The van der Waals surface area contributed by atoms with Gasteiger partial charge in [-0.1, -0.05) is 22.0 Å². The second kappa shape index (κ2) is 5.63. The van der Waals surface area contributed by atoms with Gasteiger partial charge >= 0.3 is 5.97 Å². The van der Waals surface area contributed by atoms with Gasteiger partial charge in [0.2, 0.25) is 0 Å². The molecular weight excluding hydrogens is 314 g/mol. The van der Waals surface area contributed by atoms with Crippen molar-refractivity contribution < 1.29 is 9.90 Å². The third kappa shape index (κ3) is 3.73. The highest BCUT2D eigenvalue weighted by Gasteiger charge is 2.38. The second-order valence-corrected chi connectivity index (χ2v) is 6.77. The number of halogens is 1. The third-order valence-corrected chi connectivity index (χ3v) is 4.70. The molecule has 0 saturated heterocycles. The van der Waals surface area contributed by atoms with Crippen LogP contribution in [0.3, 0.4) is 0 Å². The molecule has 0 radical (unpaired) electrons. The maximum Gasteiger partial charge on any atom is 0.324 e. The van der Waals surface area contributed by atoms with Gasteiger partial charge in [0.1, 0.15) is 5.54 Å². The van der Waals surface area contributed by atoms with E-state index >= 15 is 0 Å². The summed E-state index contributed by atoms with van der Waals surface area (Å²) < 4.78 is 1.01. The van der Waals surface area contributed by atoms with Gasteiger partial charge in [0.05, 0.1) is 0 Å². The third-order valence-electron chi connectivity index (χ3n) is 2.90. The Hall–Kier alpha value is -0.520. The van der Waals surface area contributed by atoms with Crippen molar-refractivity contribution in [2.45, 2.75) is 36.2 Å². The molecule has 0 aromatic heterocycles. The number of nitrogens with one attached hydrogen (secondary N) is 1. The van der Waals surface area contributed by atoms with E-state index in [-0.39, 0.29) is 0 Å². The number of hydrogen-bond donors (Lipinski definition) is 2. The molecule has 1 saturated carbocycles. The zero-order chi connectivity index (χ0) is 13.2. The van der Waals surface area contributed by atoms with E-state index in [1.54, 1.807) is 18.7 Å². The van der Waals surface area contributed by atoms with Gasteiger partial charge < -0.3 is 5.11 Å². The molecule has 3 nitrogen and oxygen atoms in total. The van der Waals surface area contributed by atoms with Crippen molar-refractivity contribution in [1.29, 1.82) is 0 Å². The van der Waals surface area contributed by atoms with Crippen molar-refractivity contribution in [3.63, 3.8) is 0 Å². The van der Waals surface area contributed by atoms with E-state index in [0.717, 1.165) is 22.2 Å². The standard InChI is InChI=1S/C13H16BrNO2S/c1-13(12(16)17,15-10-5-6-10)8-18-11-4-2-3-9(14)7-11/h2-4,7,10,15H,5-6,8H2,1H3,(H,16,17). The number of carbonyl (C=O) groups is 1. The van der Waals surface area contributed by atoms with Gasteiger partial charge in [-0.3, -0.25) is 10.1 Å². The molecule has 5 heteroatoms. The average Bonchev–Trinajstić information content (AvgIpc) is 3.10. The minimum atomic E-state index is -0.853. The fraction of sp³-hybridized carbons (Fsp3) is 0.462. The van der Waals surface area contributed by atoms with Gasteiger partial charge in [-0.2, -0.15) is 0 Å². The second-order valence-electron chi connectivity index (χ2n) is 4.80. The van der Waals surface area contributed by atoms with Crippen molar-refractivity contribution in [1.82, 2.24) is 5.32 Å². The van der Waals surface area contributed by atoms with Crippen LogP contribution in [0, 0.1) is 0 Å². The van der Waals surface area contributed by atoms with E-state index in [2.05, 4.69) is 21.2 Å². The quantitative estimate of drug-likeness (QED) is 0.787. The van der Waals surface area contributed by atoms with E-state index in [9.17, 15) is 9.90 Å². The minimum absolute atomic E-state index is 0.384. The first-order valence-electron chi connectivity index (χ1n) is 5.89. The van der Waals surface area contributed by atoms with Gasteiger partial charge in [0, 0.05) is 21.2 Å². The summed E-state index contributed by atoms with van der Waals surface area (Å²) in [6.07, 6.45) is 2.18. The highest BCUT2D eigenvalue weighted by molar-refractivity contribution is 9.10. The Labute approximate surface area is 119 Å². The lowest BCUT2D eigenvalue weighted by Gasteiger charge is -2.26. The summed E-state index contributed by atoms with van der Waals surface area (Å²) in [5.41, 5.74) is -0.853. The summed E-state index contributed by atoms with van der Waals surface area (Å²) >= 11 is 4.98. The Morgan fingerprint density at radius 3 is 2.89 bits per heavy atom. The summed E-state index contributed by atoms with van der Waals surface area (Å²) in [6, 6.07) is 8.30. The lowest BCUT2D eigenvalue weighted by molar-refractivity contribution is -0.143. The van der Waals surface area contributed by atoms with Crippen molar-refractivity contribution >= 4 is 33.7 Å². The first kappa shape index (κ1) is 13.9. The van der Waals surface area contributed by atoms with E-state index in [4.69, 9.17) is 0 Å². The molecule has 0 bridgehead atoms. The maximum absolute atomic E-state index is 11.4. The van der Waals surface area contributed by atoms with Crippen LogP contribution in [0.1, 0.15) is 19.8 Å². The van der Waals surface area contributed by atoms with Crippen LogP contribution in [0.2, 0.25) is 0 Å². The molecule has 98 valence electrons. The Bertz CT molecular complexity index is 450. The summed E-state index contributed by atoms with van der Waals surface area (Å²) in [5, 5.41) is 12.6. The molecular formula is C13H16BrNO2S. The largest absolute Gasteiger partial charge is 0.480 e. The lowest BCUT2D eigenvalue weighted by atomic mass is 10.1. The summed E-state index contributed by atoms with van der Waals surface area (Å²) in [4.78, 5) is 12.5. The predicted octanol–water partition coefficient (Wildman–Crippen LogP) is 3.14. The van der Waals surface area contributed by atoms with Crippen molar-refractivity contribution in [3.05, 3.63) is 28.7 Å². The molecule has 1 aromatic rings. The van der Waals surface area contributed by atoms with Gasteiger partial charge in [-0.15, -0.1) is 11.8 Å². The SMILES string of the molecule is CC(CSc1cccc(Br)c1)(NC1CC1)C(=O)O. The molecule has 1 fully saturated rings. The van der Waals surface area contributed by atoms with E-state index < -0.39 is 11.5 Å². The zero-order valence-corrected chi connectivity index (χ0v) is 12.6. The van der Waals surface area contributed by atoms with Crippen LogP contribution in [0.5, 0.6) is 0 Å². The Kier molecular flexibility index (Phi) is 4.35. The van der Waals surface area contributed by atoms with Crippen LogP contribution >= 0.6 is 27.7 Å². The highest BCUT2D eigenvalue weighted by Crippen LogP contribution is 2.28. The molecule has 18 heavy (non-hydrogen) atoms. The van der Waals surface area contributed by atoms with Crippen LogP contribution in [-0.2, 0) is 4.79 Å². The van der Waals surface area contributed by atoms with Crippen molar-refractivity contribution in [2.75, 3.05) is 5.75 Å². The van der Waals surface area contributed by atoms with Gasteiger partial charge in [-0.05, 0) is 38.0 Å². The molecule has 0 heterocycles. The Morgan fingerprint density at radius 1 is 1.61 bits per heavy atom. The average molecular weight is 330 g/mol. The van der Waals surface area contributed by atoms with Gasteiger partial charge in [0.15, 0.2) is 0 Å². The van der Waals surface area contributed by atoms with Crippen LogP contribution in [0.4, 0.5) is 0 Å². The normalized spacial score (nSPS) is 18.3. The molecule has 1 atom stereocenters. The number of aliphatic carboxylic acids is 1. The Balaban J connectivity index is 1.98. The van der Waals surface area contributed by atoms with Crippen LogP contribution in [-0.4, -0.2) is 28.4 Å². The van der Waals surface area contributed by atoms with Gasteiger partial charge in [-0.25, -0.2) is 0 Å². The first-order chi connectivity index (χ1) is 8.49. The van der Waals surface area contributed by atoms with E-state index in [0.29, 0.717) is 11.8 Å². The van der Waals surface area contributed by atoms with Crippen molar-refractivity contribution in [3.8, 4) is 0 Å². The smallest absolute Gasteiger partial charge is 0.324 e. The molecule has 0 amide bonds. The molecule has 1 aliphatic rings. The van der Waals surface area contributed by atoms with Crippen LogP contribution in [0.15, 0.2) is 33.6 Å². The monoisotopic (exact) mass is 329 g/mol. The molecule has 2 N–H and O–H groups in total. The zero-order valence-electron chi connectivity index (χ0n) is 10.1. The maximum atomic E-state index is 11.4. The highest BCUT2D eigenvalue weighted by atomic mass is 79.9. The lowest BCUT2D eigenvalue weighted by Crippen LogP contribution is -2.52. The van der Waals surface area contributed by atoms with E-state index in [1.165, 1.54) is 0 Å². The molecule has 0 aliphatic heterocycles. The number of thioether (sulfide) groups is 1. The fourth-order valence-corrected chi connectivity index (χ4v) is 3.23. The predicted molar refractivity (Wildman–Crippen MR) is 77.1 cm³/mol. The van der Waals surface area contributed by atoms with Crippen LogP contribution in [0.25, 0.3) is 0 Å². The summed E-state index contributed by atoms with van der Waals surface area (Å²) in [6.45, 7) is 1.76. The molecule has 1 aliphatic carbocycles. The fourth-order valence-electron chi connectivity index (χ4n) is 1.63. The molecule has 1 unspecified atom stereocenters. The van der Waals surface area contributed by atoms with Gasteiger partial charge in [0.25, 0.3) is 0 Å². The van der Waals surface area contributed by atoms with Crippen LogP contribution < -0.4 is 5.32 Å². The molecule has 0 spiro atoms. The topological polar surface area (TPSA) is 49.3 Å². The molecule has 2 rings (SSSR count). The first-order valence-corrected chi connectivity index (χ1v) is 7.67. The number of hydrogen-bond acceptors (Lipinski definition) is 3. The number of carboxylic acids is 1. The number of rotatable bonds is 6. The molecule has 1 aromatic carbocycles. The summed E-state index contributed by atoms with van der Waals surface area (Å²) in [5.74, 6) is -0.258. The minimum Gasteiger partial charge on any atom is -0.480 e. The number of benzene rings is 1. The summed E-state index contributed by atoms with van der Waals surface area (Å²) in [7, 11) is 0. The van der Waals surface area contributed by atoms with E-state index in [1.807, 2.05) is 24.3 Å². The van der Waals surface area contributed by atoms with Crippen molar-refractivity contribution in [2.24, 2.45) is 0 Å². The number of carboxylic acid groups (broad SMARTS) is 1.